The van der Waals surface area contributed by atoms with E-state index in [2.05, 4.69) is 27.0 Å². The zero-order valence-electron chi connectivity index (χ0n) is 20.9. The summed E-state index contributed by atoms with van der Waals surface area (Å²) in [5, 5.41) is 25.2. The van der Waals surface area contributed by atoms with Gasteiger partial charge in [0.15, 0.2) is 0 Å². The van der Waals surface area contributed by atoms with Crippen molar-refractivity contribution in [3.05, 3.63) is 46.8 Å². The second-order valence-corrected chi connectivity index (χ2v) is 11.9. The first-order valence-electron chi connectivity index (χ1n) is 13.1. The average molecular weight is 527 g/mol. The van der Waals surface area contributed by atoms with Crippen molar-refractivity contribution < 1.29 is 19.4 Å². The summed E-state index contributed by atoms with van der Waals surface area (Å²) in [6.45, 7) is 2.62. The number of rotatable bonds is 3. The third-order valence-electron chi connectivity index (χ3n) is 9.02. The molecule has 196 valence electrons. The van der Waals surface area contributed by atoms with Gasteiger partial charge in [0.1, 0.15) is 22.7 Å². The summed E-state index contributed by atoms with van der Waals surface area (Å²) >= 11 is 5.87. The van der Waals surface area contributed by atoms with Gasteiger partial charge in [0.25, 0.3) is 5.91 Å². The van der Waals surface area contributed by atoms with Crippen LogP contribution < -0.4 is 5.32 Å². The van der Waals surface area contributed by atoms with Gasteiger partial charge < -0.3 is 20.1 Å². The molecule has 5 fully saturated rings. The van der Waals surface area contributed by atoms with Gasteiger partial charge in [-0.05, 0) is 81.6 Å². The van der Waals surface area contributed by atoms with E-state index in [-0.39, 0.29) is 22.8 Å². The van der Waals surface area contributed by atoms with E-state index in [0.717, 1.165) is 44.5 Å². The fourth-order valence-electron chi connectivity index (χ4n) is 7.18. The zero-order chi connectivity index (χ0) is 25.9. The van der Waals surface area contributed by atoms with E-state index in [9.17, 15) is 19.4 Å². The molecule has 37 heavy (non-hydrogen) atoms. The molecule has 7 rings (SSSR count). The third-order valence-corrected chi connectivity index (χ3v) is 9.31. The predicted octanol–water partition coefficient (Wildman–Crippen LogP) is 3.56. The van der Waals surface area contributed by atoms with Crippen LogP contribution in [0.15, 0.2) is 24.5 Å². The second kappa shape index (κ2) is 9.09. The average Bonchev–Trinajstić information content (AvgIpc) is 3.52. The molecule has 4 heterocycles. The highest BCUT2D eigenvalue weighted by Crippen LogP contribution is 2.54. The SMILES string of the molecule is Cn1cnc(C2CC3CC(O)(C#CC4(O)CN5CCC4CC5)CC3C2)c1C(=O)Nc1ccc(F)c(Cl)c1. The number of aliphatic hydroxyl groups is 2. The number of aryl methyl sites for hydroxylation is 1. The van der Waals surface area contributed by atoms with Crippen LogP contribution in [-0.2, 0) is 7.05 Å². The van der Waals surface area contributed by atoms with E-state index in [1.807, 2.05) is 0 Å². The highest BCUT2D eigenvalue weighted by Gasteiger charge is 2.50. The van der Waals surface area contributed by atoms with Crippen molar-refractivity contribution >= 4 is 23.2 Å². The topological polar surface area (TPSA) is 90.6 Å². The molecule has 2 saturated carbocycles. The Morgan fingerprint density at radius 1 is 1.19 bits per heavy atom. The molecule has 3 atom stereocenters. The van der Waals surface area contributed by atoms with Gasteiger partial charge in [-0.1, -0.05) is 23.4 Å². The van der Waals surface area contributed by atoms with Crippen molar-refractivity contribution in [2.75, 3.05) is 25.0 Å². The van der Waals surface area contributed by atoms with E-state index in [4.69, 9.17) is 11.6 Å². The minimum atomic E-state index is -1.08. The number of carbonyl (C=O) groups is 1. The van der Waals surface area contributed by atoms with Crippen LogP contribution >= 0.6 is 11.6 Å². The molecule has 1 aromatic carbocycles. The lowest BCUT2D eigenvalue weighted by molar-refractivity contribution is -0.0717. The summed E-state index contributed by atoms with van der Waals surface area (Å²) in [6.07, 6.45) is 6.38. The number of carbonyl (C=O) groups excluding carboxylic acids is 1. The Morgan fingerprint density at radius 3 is 2.51 bits per heavy atom. The molecule has 3 N–H and O–H groups in total. The number of halogens is 2. The molecule has 2 aromatic rings. The first-order valence-corrected chi connectivity index (χ1v) is 13.5. The largest absolute Gasteiger partial charge is 0.378 e. The van der Waals surface area contributed by atoms with Gasteiger partial charge in [-0.15, -0.1) is 0 Å². The maximum atomic E-state index is 13.5. The molecule has 1 amide bonds. The molecule has 5 aliphatic rings. The molecule has 9 heteroatoms. The molecule has 3 unspecified atom stereocenters. The first-order chi connectivity index (χ1) is 17.6. The van der Waals surface area contributed by atoms with Crippen LogP contribution in [0.5, 0.6) is 0 Å². The Morgan fingerprint density at radius 2 is 1.89 bits per heavy atom. The van der Waals surface area contributed by atoms with Crippen LogP contribution in [0.3, 0.4) is 0 Å². The summed E-state index contributed by atoms with van der Waals surface area (Å²) in [6, 6.07) is 4.09. The molecule has 7 nitrogen and oxygen atoms in total. The number of hydrogen-bond acceptors (Lipinski definition) is 5. The number of benzene rings is 1. The molecule has 0 spiro atoms. The van der Waals surface area contributed by atoms with Crippen molar-refractivity contribution in [2.45, 2.75) is 55.6 Å². The predicted molar refractivity (Wildman–Crippen MR) is 138 cm³/mol. The van der Waals surface area contributed by atoms with Gasteiger partial charge in [-0.25, -0.2) is 9.37 Å². The number of amides is 1. The number of hydrogen-bond donors (Lipinski definition) is 3. The lowest BCUT2D eigenvalue weighted by Crippen LogP contribution is -2.58. The normalized spacial score (nSPS) is 36.2. The number of imidazole rings is 1. The fourth-order valence-corrected chi connectivity index (χ4v) is 7.36. The molecular formula is C28H32ClFN4O3. The number of anilines is 1. The van der Waals surface area contributed by atoms with Crippen molar-refractivity contribution in [3.8, 4) is 11.8 Å². The number of nitrogens with zero attached hydrogens (tertiary/aromatic N) is 3. The fraction of sp³-hybridized carbons (Fsp3) is 0.571. The standard InChI is InChI=1S/C28H32ClFN4O3/c1-33-16-31-24(25(33)26(35)32-21-2-3-23(30)22(29)12-21)17-10-18-13-27(36,14-19(18)11-17)6-7-28(37)15-34-8-4-20(28)5-9-34/h2-3,12,16-20,36-37H,4-5,8-11,13-15H2,1H3,(H,32,35). The van der Waals surface area contributed by atoms with Gasteiger partial charge in [0.2, 0.25) is 0 Å². The maximum absolute atomic E-state index is 13.5. The number of aromatic nitrogens is 2. The number of fused-ring (bicyclic) bond motifs is 4. The van der Waals surface area contributed by atoms with Crippen LogP contribution in [0, 0.1) is 35.4 Å². The van der Waals surface area contributed by atoms with Crippen molar-refractivity contribution in [3.63, 3.8) is 0 Å². The zero-order valence-corrected chi connectivity index (χ0v) is 21.6. The van der Waals surface area contributed by atoms with Gasteiger partial charge in [-0.3, -0.25) is 9.69 Å². The Kier molecular flexibility index (Phi) is 6.11. The van der Waals surface area contributed by atoms with Gasteiger partial charge >= 0.3 is 0 Å². The Labute approximate surface area is 221 Å². The van der Waals surface area contributed by atoms with Crippen LogP contribution in [0.25, 0.3) is 0 Å². The highest BCUT2D eigenvalue weighted by atomic mass is 35.5. The van der Waals surface area contributed by atoms with E-state index < -0.39 is 17.0 Å². The van der Waals surface area contributed by atoms with Crippen molar-refractivity contribution in [2.24, 2.45) is 24.8 Å². The lowest BCUT2D eigenvalue weighted by Gasteiger charge is -2.47. The smallest absolute Gasteiger partial charge is 0.274 e. The monoisotopic (exact) mass is 526 g/mol. The number of nitrogens with one attached hydrogen (secondary N) is 1. The van der Waals surface area contributed by atoms with Gasteiger partial charge in [0, 0.05) is 31.1 Å². The Hall–Kier alpha value is -2.44. The molecule has 2 bridgehead atoms. The Bertz CT molecular complexity index is 1280. The van der Waals surface area contributed by atoms with Gasteiger partial charge in [-0.2, -0.15) is 0 Å². The maximum Gasteiger partial charge on any atom is 0.274 e. The van der Waals surface area contributed by atoms with E-state index in [0.29, 0.717) is 42.6 Å². The minimum absolute atomic E-state index is 0.0529. The van der Waals surface area contributed by atoms with Crippen LogP contribution in [0.2, 0.25) is 5.02 Å². The highest BCUT2D eigenvalue weighted by molar-refractivity contribution is 6.31. The summed E-state index contributed by atoms with van der Waals surface area (Å²) in [7, 11) is 1.78. The summed E-state index contributed by atoms with van der Waals surface area (Å²) in [5.41, 5.74) is -0.449. The van der Waals surface area contributed by atoms with Crippen LogP contribution in [0.1, 0.15) is 60.6 Å². The summed E-state index contributed by atoms with van der Waals surface area (Å²) in [5.74, 6) is 6.25. The first kappa shape index (κ1) is 24.9. The molecule has 0 radical (unpaired) electrons. The summed E-state index contributed by atoms with van der Waals surface area (Å²) < 4.78 is 15.2. The van der Waals surface area contributed by atoms with Crippen LogP contribution in [-0.4, -0.2) is 61.4 Å². The molecule has 3 aliphatic heterocycles. The molecular weight excluding hydrogens is 495 g/mol. The second-order valence-electron chi connectivity index (χ2n) is 11.5. The van der Waals surface area contributed by atoms with E-state index >= 15 is 0 Å². The summed E-state index contributed by atoms with van der Waals surface area (Å²) in [4.78, 5) is 20.0. The molecule has 2 aliphatic carbocycles. The number of piperidine rings is 3. The van der Waals surface area contributed by atoms with Crippen molar-refractivity contribution in [1.82, 2.24) is 14.5 Å². The van der Waals surface area contributed by atoms with E-state index in [1.54, 1.807) is 17.9 Å². The van der Waals surface area contributed by atoms with Crippen LogP contribution in [0.4, 0.5) is 10.1 Å². The Balaban J connectivity index is 1.14. The van der Waals surface area contributed by atoms with E-state index in [1.165, 1.54) is 18.2 Å². The molecule has 1 aromatic heterocycles. The van der Waals surface area contributed by atoms with Crippen molar-refractivity contribution in [1.29, 1.82) is 0 Å². The quantitative estimate of drug-likeness (QED) is 0.532. The lowest BCUT2D eigenvalue weighted by atomic mass is 9.75. The van der Waals surface area contributed by atoms with Gasteiger partial charge in [0.05, 0.1) is 17.0 Å². The third kappa shape index (κ3) is 4.57. The minimum Gasteiger partial charge on any atom is -0.378 e. The molecule has 3 saturated heterocycles.